The minimum absolute atomic E-state index is 0.326. The largest absolute Gasteiger partial charge is 0.308 e. The summed E-state index contributed by atoms with van der Waals surface area (Å²) < 4.78 is 2.15. The van der Waals surface area contributed by atoms with E-state index in [0.29, 0.717) is 22.5 Å². The van der Waals surface area contributed by atoms with Gasteiger partial charge in [-0.05, 0) is 96.1 Å². The Labute approximate surface area is 296 Å². The lowest BCUT2D eigenvalue weighted by atomic mass is 9.93. The van der Waals surface area contributed by atoms with E-state index in [1.165, 1.54) is 27.2 Å². The Bertz CT molecular complexity index is 2680. The average molecular weight is 659 g/mol. The maximum atomic E-state index is 14.9. The van der Waals surface area contributed by atoms with Crippen molar-refractivity contribution >= 4 is 39.3 Å². The van der Waals surface area contributed by atoms with Crippen molar-refractivity contribution in [3.63, 3.8) is 0 Å². The molecule has 0 unspecified atom stereocenters. The number of amides is 2. The molecule has 0 bridgehead atoms. The monoisotopic (exact) mass is 658 g/mol. The van der Waals surface area contributed by atoms with E-state index in [1.54, 1.807) is 6.07 Å². The smallest absolute Gasteiger partial charge is 0.268 e. The predicted octanol–water partition coefficient (Wildman–Crippen LogP) is 11.5. The van der Waals surface area contributed by atoms with Crippen LogP contribution < -0.4 is 4.90 Å². The van der Waals surface area contributed by atoms with E-state index in [9.17, 15) is 9.59 Å². The Kier molecular flexibility index (Phi) is 7.08. The van der Waals surface area contributed by atoms with Crippen molar-refractivity contribution in [2.75, 3.05) is 4.90 Å². The number of anilines is 1. The molecule has 0 fully saturated rings. The van der Waals surface area contributed by atoms with Gasteiger partial charge in [-0.3, -0.25) is 9.59 Å². The first kappa shape index (κ1) is 30.5. The first-order valence-corrected chi connectivity index (χ1v) is 17.3. The van der Waals surface area contributed by atoms with Crippen molar-refractivity contribution in [1.29, 1.82) is 0 Å². The van der Waals surface area contributed by atoms with Gasteiger partial charge in [-0.15, -0.1) is 0 Å². The summed E-state index contributed by atoms with van der Waals surface area (Å²) in [5.41, 5.74) is 13.8. The summed E-state index contributed by atoms with van der Waals surface area (Å²) in [6.45, 7) is 6.47. The summed E-state index contributed by atoms with van der Waals surface area (Å²) in [4.78, 5) is 30.7. The standard InChI is InChI=1S/C47H34N2O2/c1-29-25-30(2)44(31(3)26-29)35-22-24-41-39(27-35)37-17-10-11-19-40(37)48(41)42-20-12-18-38-45(42)47(51)49(46(38)50)43-28-34(32-13-6-4-7-14-32)21-23-36(43)33-15-8-5-9-16-33/h4-28H,1-3H3. The lowest BCUT2D eigenvalue weighted by Crippen LogP contribution is -2.30. The van der Waals surface area contributed by atoms with Gasteiger partial charge in [-0.25, -0.2) is 4.90 Å². The van der Waals surface area contributed by atoms with E-state index in [2.05, 4.69) is 79.9 Å². The number of aryl methyl sites for hydroxylation is 3. The number of carbonyl (C=O) groups excluding carboxylic acids is 2. The van der Waals surface area contributed by atoms with E-state index >= 15 is 0 Å². The van der Waals surface area contributed by atoms with Gasteiger partial charge >= 0.3 is 0 Å². The normalized spacial score (nSPS) is 12.6. The van der Waals surface area contributed by atoms with Gasteiger partial charge in [0.05, 0.1) is 33.5 Å². The van der Waals surface area contributed by atoms with Crippen LogP contribution in [-0.4, -0.2) is 16.4 Å². The minimum atomic E-state index is -0.332. The molecule has 2 amide bonds. The molecule has 0 aliphatic carbocycles. The fourth-order valence-electron chi connectivity index (χ4n) is 8.08. The van der Waals surface area contributed by atoms with Crippen molar-refractivity contribution in [3.05, 3.63) is 179 Å². The van der Waals surface area contributed by atoms with Crippen molar-refractivity contribution in [3.8, 4) is 39.1 Å². The van der Waals surface area contributed by atoms with Crippen LogP contribution in [0.2, 0.25) is 0 Å². The SMILES string of the molecule is Cc1cc(C)c(-c2ccc3c(c2)c2ccccc2n3-c2cccc3c2C(=O)N(c2cc(-c4ccccc4)ccc2-c2ccccc2)C3=O)c(C)c1. The predicted molar refractivity (Wildman–Crippen MR) is 209 cm³/mol. The molecule has 2 heterocycles. The number of imide groups is 1. The topological polar surface area (TPSA) is 42.3 Å². The van der Waals surface area contributed by atoms with Crippen LogP contribution in [0.15, 0.2) is 152 Å². The van der Waals surface area contributed by atoms with Crippen LogP contribution in [-0.2, 0) is 0 Å². The van der Waals surface area contributed by atoms with Crippen LogP contribution in [0.4, 0.5) is 5.69 Å². The molecule has 1 aliphatic heterocycles. The number of aromatic nitrogens is 1. The van der Waals surface area contributed by atoms with E-state index < -0.39 is 0 Å². The second kappa shape index (κ2) is 11.8. The second-order valence-electron chi connectivity index (χ2n) is 13.5. The number of hydrogen-bond acceptors (Lipinski definition) is 2. The van der Waals surface area contributed by atoms with Crippen molar-refractivity contribution in [1.82, 2.24) is 4.57 Å². The molecule has 0 spiro atoms. The molecular weight excluding hydrogens is 625 g/mol. The Balaban J connectivity index is 1.24. The molecule has 8 aromatic rings. The van der Waals surface area contributed by atoms with Crippen molar-refractivity contribution in [2.45, 2.75) is 20.8 Å². The average Bonchev–Trinajstić information content (AvgIpc) is 3.62. The molecule has 0 atom stereocenters. The van der Waals surface area contributed by atoms with Crippen molar-refractivity contribution < 1.29 is 9.59 Å². The van der Waals surface area contributed by atoms with Gasteiger partial charge in [0, 0.05) is 16.3 Å². The van der Waals surface area contributed by atoms with Gasteiger partial charge < -0.3 is 4.57 Å². The minimum Gasteiger partial charge on any atom is -0.308 e. The van der Waals surface area contributed by atoms with E-state index in [4.69, 9.17) is 0 Å². The number of carbonyl (C=O) groups is 2. The van der Waals surface area contributed by atoms with Crippen LogP contribution in [0.5, 0.6) is 0 Å². The third-order valence-corrected chi connectivity index (χ3v) is 10.2. The summed E-state index contributed by atoms with van der Waals surface area (Å²) >= 11 is 0. The molecule has 0 N–H and O–H groups in total. The molecule has 9 rings (SSSR count). The highest BCUT2D eigenvalue weighted by atomic mass is 16.2. The fourth-order valence-corrected chi connectivity index (χ4v) is 8.08. The summed E-state index contributed by atoms with van der Waals surface area (Å²) in [7, 11) is 0. The Morgan fingerprint density at radius 2 is 1.06 bits per heavy atom. The van der Waals surface area contributed by atoms with Crippen LogP contribution in [0.25, 0.3) is 60.9 Å². The zero-order chi connectivity index (χ0) is 34.8. The van der Waals surface area contributed by atoms with Crippen molar-refractivity contribution in [2.24, 2.45) is 0 Å². The second-order valence-corrected chi connectivity index (χ2v) is 13.5. The maximum absolute atomic E-state index is 14.9. The van der Waals surface area contributed by atoms with Gasteiger partial charge in [0.1, 0.15) is 0 Å². The van der Waals surface area contributed by atoms with E-state index in [-0.39, 0.29) is 11.8 Å². The highest BCUT2D eigenvalue weighted by molar-refractivity contribution is 6.36. The molecule has 7 aromatic carbocycles. The third-order valence-electron chi connectivity index (χ3n) is 10.2. The van der Waals surface area contributed by atoms with Crippen LogP contribution in [0.3, 0.4) is 0 Å². The van der Waals surface area contributed by atoms with E-state index in [0.717, 1.165) is 49.6 Å². The summed E-state index contributed by atoms with van der Waals surface area (Å²) in [6, 6.07) is 51.0. The molecule has 0 saturated carbocycles. The lowest BCUT2D eigenvalue weighted by Gasteiger charge is -2.20. The van der Waals surface area contributed by atoms with Crippen LogP contribution >= 0.6 is 0 Å². The number of para-hydroxylation sites is 1. The molecule has 1 aromatic heterocycles. The summed E-state index contributed by atoms with van der Waals surface area (Å²) in [5, 5.41) is 2.18. The van der Waals surface area contributed by atoms with Gasteiger partial charge in [0.2, 0.25) is 0 Å². The zero-order valence-corrected chi connectivity index (χ0v) is 28.6. The number of rotatable bonds is 5. The molecule has 0 saturated heterocycles. The third kappa shape index (κ3) is 4.83. The molecule has 51 heavy (non-hydrogen) atoms. The Morgan fingerprint density at radius 1 is 0.412 bits per heavy atom. The molecule has 1 aliphatic rings. The quantitative estimate of drug-likeness (QED) is 0.173. The number of nitrogens with zero attached hydrogens (tertiary/aromatic N) is 2. The molecule has 0 radical (unpaired) electrons. The fraction of sp³-hybridized carbons (Fsp3) is 0.0638. The Hall–Kier alpha value is -6.52. The highest BCUT2D eigenvalue weighted by Gasteiger charge is 2.40. The lowest BCUT2D eigenvalue weighted by molar-refractivity contribution is 0.0926. The van der Waals surface area contributed by atoms with Gasteiger partial charge in [0.15, 0.2) is 0 Å². The molecular formula is C47H34N2O2. The number of benzene rings is 7. The summed E-state index contributed by atoms with van der Waals surface area (Å²) in [5.74, 6) is -0.658. The molecule has 4 nitrogen and oxygen atoms in total. The van der Waals surface area contributed by atoms with E-state index in [1.807, 2.05) is 91.0 Å². The highest BCUT2D eigenvalue weighted by Crippen LogP contribution is 2.42. The van der Waals surface area contributed by atoms with Crippen LogP contribution in [0.1, 0.15) is 37.4 Å². The van der Waals surface area contributed by atoms with Crippen LogP contribution in [0, 0.1) is 20.8 Å². The number of hydrogen-bond donors (Lipinski definition) is 0. The molecule has 4 heteroatoms. The van der Waals surface area contributed by atoms with Gasteiger partial charge in [0.25, 0.3) is 11.8 Å². The first-order chi connectivity index (χ1) is 24.9. The molecule has 244 valence electrons. The summed E-state index contributed by atoms with van der Waals surface area (Å²) in [6.07, 6.45) is 0. The maximum Gasteiger partial charge on any atom is 0.268 e. The number of fused-ring (bicyclic) bond motifs is 4. The Morgan fingerprint density at radius 3 is 1.80 bits per heavy atom. The zero-order valence-electron chi connectivity index (χ0n) is 28.6. The first-order valence-electron chi connectivity index (χ1n) is 17.3. The van der Waals surface area contributed by atoms with Gasteiger partial charge in [-0.2, -0.15) is 0 Å². The van der Waals surface area contributed by atoms with Gasteiger partial charge in [-0.1, -0.05) is 121 Å².